The van der Waals surface area contributed by atoms with E-state index in [4.69, 9.17) is 13.9 Å². The van der Waals surface area contributed by atoms with Gasteiger partial charge in [0.25, 0.3) is 11.8 Å². The summed E-state index contributed by atoms with van der Waals surface area (Å²) >= 11 is 1.51. The van der Waals surface area contributed by atoms with Crippen molar-refractivity contribution in [1.82, 2.24) is 20.5 Å². The first-order valence-corrected chi connectivity index (χ1v) is 11.0. The number of rotatable bonds is 5. The van der Waals surface area contributed by atoms with E-state index < -0.39 is 0 Å². The molecule has 0 atom stereocenters. The van der Waals surface area contributed by atoms with Crippen molar-refractivity contribution in [1.29, 1.82) is 0 Å². The molecule has 2 aliphatic rings. The molecule has 1 aliphatic carbocycles. The summed E-state index contributed by atoms with van der Waals surface area (Å²) in [6.07, 6.45) is 3.99. The Morgan fingerprint density at radius 3 is 2.80 bits per heavy atom. The van der Waals surface area contributed by atoms with Crippen LogP contribution in [0.25, 0.3) is 10.8 Å². The molecule has 0 spiro atoms. The van der Waals surface area contributed by atoms with Crippen LogP contribution in [0.4, 0.5) is 0 Å². The topological polar surface area (TPSA) is 99.4 Å². The van der Waals surface area contributed by atoms with E-state index in [1.807, 2.05) is 6.92 Å². The number of hydrogen-bond acceptors (Lipinski definition) is 8. The average Bonchev–Trinajstić information content (AvgIpc) is 3.52. The van der Waals surface area contributed by atoms with E-state index in [-0.39, 0.29) is 18.6 Å². The minimum Gasteiger partial charge on any atom is -0.454 e. The third-order valence-electron chi connectivity index (χ3n) is 5.76. The van der Waals surface area contributed by atoms with E-state index in [2.05, 4.69) is 20.5 Å². The predicted octanol–water partition coefficient (Wildman–Crippen LogP) is 3.93. The second-order valence-electron chi connectivity index (χ2n) is 7.71. The number of nitrogens with zero attached hydrogens (tertiary/aromatic N) is 3. The minimum absolute atomic E-state index is 0.0862. The second kappa shape index (κ2) is 8.06. The lowest BCUT2D eigenvalue weighted by Gasteiger charge is -2.26. The lowest BCUT2D eigenvalue weighted by molar-refractivity contribution is 0.0942. The zero-order valence-electron chi connectivity index (χ0n) is 16.6. The molecule has 3 heterocycles. The number of carbonyl (C=O) groups is 1. The zero-order chi connectivity index (χ0) is 20.5. The maximum absolute atomic E-state index is 12.5. The molecule has 156 valence electrons. The summed E-state index contributed by atoms with van der Waals surface area (Å²) in [7, 11) is 0. The van der Waals surface area contributed by atoms with E-state index in [0.717, 1.165) is 36.3 Å². The summed E-state index contributed by atoms with van der Waals surface area (Å²) in [5.41, 5.74) is 3.29. The number of benzene rings is 1. The number of fused-ring (bicyclic) bond motifs is 1. The summed E-state index contributed by atoms with van der Waals surface area (Å²) in [6.45, 7) is 2.81. The average molecular weight is 426 g/mol. The summed E-state index contributed by atoms with van der Waals surface area (Å²) < 4.78 is 16.6. The first-order chi connectivity index (χ1) is 14.7. The molecule has 30 heavy (non-hydrogen) atoms. The van der Waals surface area contributed by atoms with Gasteiger partial charge in [0.15, 0.2) is 11.5 Å². The molecule has 9 heteroatoms. The summed E-state index contributed by atoms with van der Waals surface area (Å²) in [4.78, 5) is 17.7. The van der Waals surface area contributed by atoms with Crippen LogP contribution in [0.15, 0.2) is 28.1 Å². The summed E-state index contributed by atoms with van der Waals surface area (Å²) in [5, 5.41) is 11.5. The quantitative estimate of drug-likeness (QED) is 0.660. The molecular formula is C21H22N4O4S. The molecular weight excluding hydrogens is 404 g/mol. The van der Waals surface area contributed by atoms with Crippen LogP contribution in [0.2, 0.25) is 0 Å². The SMILES string of the molecule is Cc1ncsc1-c1nnc(C2CCC(CNC(=O)c3ccc4c(c3)OCO4)CC2)o1. The first kappa shape index (κ1) is 19.0. The van der Waals surface area contributed by atoms with Crippen molar-refractivity contribution in [3.63, 3.8) is 0 Å². The second-order valence-corrected chi connectivity index (χ2v) is 8.56. The Bertz CT molecular complexity index is 1050. The molecule has 1 amide bonds. The normalized spacial score (nSPS) is 20.3. The molecule has 2 aromatic heterocycles. The van der Waals surface area contributed by atoms with Gasteiger partial charge in [-0.25, -0.2) is 4.98 Å². The molecule has 0 radical (unpaired) electrons. The fourth-order valence-electron chi connectivity index (χ4n) is 3.99. The van der Waals surface area contributed by atoms with E-state index >= 15 is 0 Å². The van der Waals surface area contributed by atoms with E-state index in [0.29, 0.717) is 41.3 Å². The molecule has 0 unspecified atom stereocenters. The van der Waals surface area contributed by atoms with Gasteiger partial charge in [0.05, 0.1) is 11.2 Å². The largest absolute Gasteiger partial charge is 0.454 e. The van der Waals surface area contributed by atoms with Crippen molar-refractivity contribution in [3.8, 4) is 22.3 Å². The minimum atomic E-state index is -0.0862. The van der Waals surface area contributed by atoms with Crippen LogP contribution in [0, 0.1) is 12.8 Å². The number of amides is 1. The number of thiazole rings is 1. The maximum Gasteiger partial charge on any atom is 0.259 e. The van der Waals surface area contributed by atoms with Crippen LogP contribution in [-0.4, -0.2) is 34.4 Å². The highest BCUT2D eigenvalue weighted by molar-refractivity contribution is 7.13. The Morgan fingerprint density at radius 1 is 1.17 bits per heavy atom. The Balaban J connectivity index is 1.13. The highest BCUT2D eigenvalue weighted by Crippen LogP contribution is 2.37. The number of aryl methyl sites for hydroxylation is 1. The van der Waals surface area contributed by atoms with Crippen LogP contribution in [-0.2, 0) is 0 Å². The smallest absolute Gasteiger partial charge is 0.259 e. The third-order valence-corrected chi connectivity index (χ3v) is 6.68. The Kier molecular flexibility index (Phi) is 5.12. The van der Waals surface area contributed by atoms with Gasteiger partial charge in [0.1, 0.15) is 4.88 Å². The summed E-state index contributed by atoms with van der Waals surface area (Å²) in [5.74, 6) is 3.21. The van der Waals surface area contributed by atoms with Gasteiger partial charge in [0, 0.05) is 18.0 Å². The Morgan fingerprint density at radius 2 is 2.00 bits per heavy atom. The molecule has 3 aromatic rings. The maximum atomic E-state index is 12.5. The predicted molar refractivity (Wildman–Crippen MR) is 110 cm³/mol. The monoisotopic (exact) mass is 426 g/mol. The van der Waals surface area contributed by atoms with Gasteiger partial charge in [-0.3, -0.25) is 4.79 Å². The van der Waals surface area contributed by atoms with Gasteiger partial charge in [-0.15, -0.1) is 21.5 Å². The van der Waals surface area contributed by atoms with Crippen molar-refractivity contribution in [3.05, 3.63) is 40.9 Å². The van der Waals surface area contributed by atoms with Gasteiger partial charge in [-0.2, -0.15) is 0 Å². The fourth-order valence-corrected chi connectivity index (χ4v) is 4.71. The van der Waals surface area contributed by atoms with Crippen molar-refractivity contribution in [2.24, 2.45) is 5.92 Å². The van der Waals surface area contributed by atoms with Gasteiger partial charge in [-0.05, 0) is 56.7 Å². The van der Waals surface area contributed by atoms with E-state index in [1.165, 1.54) is 11.3 Å². The molecule has 1 aromatic carbocycles. The highest BCUT2D eigenvalue weighted by Gasteiger charge is 2.27. The van der Waals surface area contributed by atoms with Gasteiger partial charge >= 0.3 is 0 Å². The van der Waals surface area contributed by atoms with Crippen LogP contribution in [0.1, 0.15) is 53.5 Å². The summed E-state index contributed by atoms with van der Waals surface area (Å²) in [6, 6.07) is 5.26. The van der Waals surface area contributed by atoms with Crippen molar-refractivity contribution in [2.75, 3.05) is 13.3 Å². The Labute approximate surface area is 177 Å². The van der Waals surface area contributed by atoms with Gasteiger partial charge < -0.3 is 19.2 Å². The third kappa shape index (κ3) is 3.77. The number of nitrogens with one attached hydrogen (secondary N) is 1. The lowest BCUT2D eigenvalue weighted by Crippen LogP contribution is -2.31. The number of carbonyl (C=O) groups excluding carboxylic acids is 1. The number of ether oxygens (including phenoxy) is 2. The highest BCUT2D eigenvalue weighted by atomic mass is 32.1. The van der Waals surface area contributed by atoms with Crippen LogP contribution >= 0.6 is 11.3 Å². The van der Waals surface area contributed by atoms with E-state index in [9.17, 15) is 4.79 Å². The van der Waals surface area contributed by atoms with Crippen LogP contribution in [0.3, 0.4) is 0 Å². The zero-order valence-corrected chi connectivity index (χ0v) is 17.4. The van der Waals surface area contributed by atoms with Crippen molar-refractivity contribution < 1.29 is 18.7 Å². The fraction of sp³-hybridized carbons (Fsp3) is 0.429. The lowest BCUT2D eigenvalue weighted by atomic mass is 9.82. The molecule has 1 saturated carbocycles. The molecule has 1 aliphatic heterocycles. The molecule has 5 rings (SSSR count). The molecule has 8 nitrogen and oxygen atoms in total. The molecule has 0 saturated heterocycles. The number of hydrogen-bond donors (Lipinski definition) is 1. The molecule has 1 N–H and O–H groups in total. The van der Waals surface area contributed by atoms with Crippen LogP contribution in [0.5, 0.6) is 11.5 Å². The number of aromatic nitrogens is 3. The van der Waals surface area contributed by atoms with Crippen molar-refractivity contribution >= 4 is 17.2 Å². The van der Waals surface area contributed by atoms with E-state index in [1.54, 1.807) is 23.7 Å². The molecule has 0 bridgehead atoms. The first-order valence-electron chi connectivity index (χ1n) is 10.1. The van der Waals surface area contributed by atoms with Crippen molar-refractivity contribution in [2.45, 2.75) is 38.5 Å². The Hall–Kier alpha value is -2.94. The van der Waals surface area contributed by atoms with Gasteiger partial charge in [0.2, 0.25) is 12.7 Å². The molecule has 1 fully saturated rings. The standard InChI is InChI=1S/C21H22N4O4S/c1-12-18(30-10-23-12)21-25-24-20(29-21)14-4-2-13(3-5-14)9-22-19(26)15-6-7-16-17(8-15)28-11-27-16/h6-8,10,13-14H,2-5,9,11H2,1H3,(H,22,26). The van der Waals surface area contributed by atoms with Gasteiger partial charge in [-0.1, -0.05) is 0 Å². The van der Waals surface area contributed by atoms with Crippen LogP contribution < -0.4 is 14.8 Å².